The number of phosphoric acid groups is 1. The molecule has 0 aliphatic heterocycles. The molecule has 2 unspecified atom stereocenters. The lowest BCUT2D eigenvalue weighted by Gasteiger charge is -2.28. The number of quaternary nitrogens is 1. The van der Waals surface area contributed by atoms with Crippen molar-refractivity contribution in [2.24, 2.45) is 0 Å². The highest BCUT2D eigenvalue weighted by Gasteiger charge is 2.20. The molecule has 0 aliphatic rings. The lowest BCUT2D eigenvalue weighted by molar-refractivity contribution is -0.870. The molecule has 0 N–H and O–H groups in total. The van der Waals surface area contributed by atoms with Gasteiger partial charge in [0, 0.05) is 13.0 Å². The first-order valence-corrected chi connectivity index (χ1v) is 22.7. The Labute approximate surface area is 321 Å². The summed E-state index contributed by atoms with van der Waals surface area (Å²) in [6.45, 7) is 5.34. The third-order valence-electron chi connectivity index (χ3n) is 8.91. The Hall–Kier alpha value is -1.28. The maximum atomic E-state index is 12.6. The maximum Gasteiger partial charge on any atom is 0.306 e. The molecule has 0 radical (unpaired) electrons. The lowest BCUT2D eigenvalue weighted by atomic mass is 10.1. The summed E-state index contributed by atoms with van der Waals surface area (Å²) < 4.78 is 34.5. The van der Waals surface area contributed by atoms with Gasteiger partial charge in [-0.05, 0) is 70.6 Å². The zero-order valence-corrected chi connectivity index (χ0v) is 35.4. The van der Waals surface area contributed by atoms with Gasteiger partial charge in [-0.15, -0.1) is 0 Å². The number of carbonyl (C=O) groups is 1. The van der Waals surface area contributed by atoms with Gasteiger partial charge in [0.1, 0.15) is 19.3 Å². The molecule has 0 aromatic rings. The van der Waals surface area contributed by atoms with Crippen molar-refractivity contribution in [2.75, 3.05) is 54.1 Å². The Morgan fingerprint density at radius 2 is 1.06 bits per heavy atom. The van der Waals surface area contributed by atoms with E-state index in [9.17, 15) is 14.3 Å². The van der Waals surface area contributed by atoms with Crippen molar-refractivity contribution < 1.29 is 37.3 Å². The van der Waals surface area contributed by atoms with Crippen molar-refractivity contribution >= 4 is 13.8 Å². The van der Waals surface area contributed by atoms with Crippen LogP contribution in [0.4, 0.5) is 0 Å². The van der Waals surface area contributed by atoms with Gasteiger partial charge in [-0.2, -0.15) is 0 Å². The first-order valence-electron chi connectivity index (χ1n) is 21.2. The highest BCUT2D eigenvalue weighted by molar-refractivity contribution is 7.45. The molecule has 0 fully saturated rings. The number of nitrogens with zero attached hydrogens (tertiary/aromatic N) is 1. The monoisotopic (exact) mass is 756 g/mol. The van der Waals surface area contributed by atoms with E-state index in [1.54, 1.807) is 0 Å². The van der Waals surface area contributed by atoms with E-state index >= 15 is 0 Å². The molecule has 0 aliphatic carbocycles. The molecule has 0 amide bonds. The van der Waals surface area contributed by atoms with E-state index < -0.39 is 13.9 Å². The number of hydrogen-bond donors (Lipinski definition) is 0. The van der Waals surface area contributed by atoms with Gasteiger partial charge in [0.15, 0.2) is 0 Å². The first kappa shape index (κ1) is 50.7. The highest BCUT2D eigenvalue weighted by atomic mass is 31.2. The third kappa shape index (κ3) is 39.9. The second-order valence-corrected chi connectivity index (χ2v) is 16.8. The van der Waals surface area contributed by atoms with E-state index in [0.29, 0.717) is 24.1 Å². The van der Waals surface area contributed by atoms with Gasteiger partial charge in [0.05, 0.1) is 34.4 Å². The van der Waals surface area contributed by atoms with Crippen LogP contribution in [0.25, 0.3) is 0 Å². The number of esters is 1. The summed E-state index contributed by atoms with van der Waals surface area (Å²) in [6.07, 6.45) is 41.5. The molecule has 306 valence electrons. The molecule has 8 nitrogen and oxygen atoms in total. The molecule has 0 saturated heterocycles. The van der Waals surface area contributed by atoms with Gasteiger partial charge >= 0.3 is 5.97 Å². The summed E-state index contributed by atoms with van der Waals surface area (Å²) in [5, 5.41) is 0. The largest absolute Gasteiger partial charge is 0.756 e. The van der Waals surface area contributed by atoms with Crippen molar-refractivity contribution in [3.05, 3.63) is 36.5 Å². The number of phosphoric ester groups is 1. The van der Waals surface area contributed by atoms with Crippen molar-refractivity contribution in [1.82, 2.24) is 0 Å². The van der Waals surface area contributed by atoms with Crippen molar-refractivity contribution in [3.8, 4) is 0 Å². The Balaban J connectivity index is 4.28. The van der Waals surface area contributed by atoms with Crippen LogP contribution in [0.5, 0.6) is 0 Å². The van der Waals surface area contributed by atoms with Crippen LogP contribution in [0, 0.1) is 0 Å². The van der Waals surface area contributed by atoms with Crippen molar-refractivity contribution in [1.29, 1.82) is 0 Å². The van der Waals surface area contributed by atoms with Crippen LogP contribution in [0.3, 0.4) is 0 Å². The van der Waals surface area contributed by atoms with Crippen LogP contribution in [0.2, 0.25) is 0 Å². The molecule has 0 saturated carbocycles. The van der Waals surface area contributed by atoms with Crippen LogP contribution >= 0.6 is 7.82 Å². The second kappa shape index (κ2) is 36.7. The third-order valence-corrected chi connectivity index (χ3v) is 9.88. The average Bonchev–Trinajstić information content (AvgIpc) is 3.09. The van der Waals surface area contributed by atoms with Crippen LogP contribution < -0.4 is 4.89 Å². The Kier molecular flexibility index (Phi) is 35.8. The van der Waals surface area contributed by atoms with Gasteiger partial charge in [0.25, 0.3) is 7.82 Å². The summed E-state index contributed by atoms with van der Waals surface area (Å²) in [4.78, 5) is 25.0. The van der Waals surface area contributed by atoms with Crippen molar-refractivity contribution in [2.45, 2.75) is 180 Å². The molecule has 9 heteroatoms. The van der Waals surface area contributed by atoms with Crippen LogP contribution in [-0.2, 0) is 27.9 Å². The van der Waals surface area contributed by atoms with Crippen LogP contribution in [-0.4, -0.2) is 70.7 Å². The van der Waals surface area contributed by atoms with Gasteiger partial charge in [-0.1, -0.05) is 134 Å². The minimum atomic E-state index is -4.53. The molecular weight excluding hydrogens is 673 g/mol. The summed E-state index contributed by atoms with van der Waals surface area (Å²) in [5.74, 6) is -0.348. The maximum absolute atomic E-state index is 12.6. The molecular formula is C43H82NO7P. The van der Waals surface area contributed by atoms with E-state index in [1.165, 1.54) is 89.9 Å². The van der Waals surface area contributed by atoms with E-state index in [1.807, 2.05) is 21.1 Å². The Bertz CT molecular complexity index is 931. The number of rotatable bonds is 39. The van der Waals surface area contributed by atoms with Gasteiger partial charge < -0.3 is 27.9 Å². The molecule has 0 aromatic carbocycles. The number of allylic oxidation sites excluding steroid dienone is 6. The van der Waals surface area contributed by atoms with E-state index in [2.05, 4.69) is 50.3 Å². The predicted octanol–water partition coefficient (Wildman–Crippen LogP) is 11.6. The molecule has 0 bridgehead atoms. The molecule has 2 atom stereocenters. The van der Waals surface area contributed by atoms with E-state index in [0.717, 1.165) is 64.2 Å². The van der Waals surface area contributed by atoms with Gasteiger partial charge in [0.2, 0.25) is 0 Å². The Morgan fingerprint density at radius 1 is 0.596 bits per heavy atom. The molecule has 0 heterocycles. The summed E-state index contributed by atoms with van der Waals surface area (Å²) >= 11 is 0. The topological polar surface area (TPSA) is 94.1 Å². The normalized spacial score (nSPS) is 14.2. The zero-order chi connectivity index (χ0) is 38.4. The van der Waals surface area contributed by atoms with E-state index in [4.69, 9.17) is 18.5 Å². The second-order valence-electron chi connectivity index (χ2n) is 15.3. The number of hydrogen-bond acceptors (Lipinski definition) is 7. The zero-order valence-electron chi connectivity index (χ0n) is 34.5. The number of likely N-dealkylation sites (N-methyl/N-ethyl adjacent to an activating group) is 1. The fraction of sp³-hybridized carbons (Fsp3) is 0.837. The molecule has 0 spiro atoms. The fourth-order valence-corrected chi connectivity index (χ4v) is 6.30. The molecule has 0 rings (SSSR count). The van der Waals surface area contributed by atoms with Gasteiger partial charge in [-0.25, -0.2) is 0 Å². The smallest absolute Gasteiger partial charge is 0.306 e. The highest BCUT2D eigenvalue weighted by Crippen LogP contribution is 2.38. The fourth-order valence-electron chi connectivity index (χ4n) is 5.57. The summed E-state index contributed by atoms with van der Waals surface area (Å²) in [5.41, 5.74) is 0. The number of unbranched alkanes of at least 4 members (excludes halogenated alkanes) is 19. The number of carbonyl (C=O) groups excluding carboxylic acids is 1. The minimum Gasteiger partial charge on any atom is -0.756 e. The quantitative estimate of drug-likeness (QED) is 0.0203. The Morgan fingerprint density at radius 3 is 1.58 bits per heavy atom. The van der Waals surface area contributed by atoms with Gasteiger partial charge in [-0.3, -0.25) is 9.36 Å². The minimum absolute atomic E-state index is 0.0220. The molecule has 0 aromatic heterocycles. The summed E-state index contributed by atoms with van der Waals surface area (Å²) in [6, 6.07) is 0. The van der Waals surface area contributed by atoms with Crippen LogP contribution in [0.1, 0.15) is 174 Å². The summed E-state index contributed by atoms with van der Waals surface area (Å²) in [7, 11) is 1.34. The first-order chi connectivity index (χ1) is 25.1. The standard InChI is InChI=1S/C43H82NO7P/c1-6-8-10-12-14-16-18-20-21-22-23-25-27-29-31-33-35-38-48-40-42(41-50-52(46,47)49-39-37-44(3,4)5)51-43(45)36-34-32-30-28-26-24-19-17-15-13-11-9-7-2/h16-19,21-22,42H,6-15,20,23-41H2,1-5H3/b18-16-,19-17-,22-21-. The van der Waals surface area contributed by atoms with Crippen LogP contribution in [0.15, 0.2) is 36.5 Å². The average molecular weight is 756 g/mol. The van der Waals surface area contributed by atoms with E-state index in [-0.39, 0.29) is 25.8 Å². The van der Waals surface area contributed by atoms with Crippen molar-refractivity contribution in [3.63, 3.8) is 0 Å². The molecule has 52 heavy (non-hydrogen) atoms. The number of ether oxygens (including phenoxy) is 2. The SMILES string of the molecule is CCCCCC/C=C\C/C=C\CCCCCCCCOCC(COP(=O)([O-])OCC[N+](C)(C)C)OC(=O)CCCCCCC/C=C\CCCCCC. The lowest BCUT2D eigenvalue weighted by Crippen LogP contribution is -2.37. The predicted molar refractivity (Wildman–Crippen MR) is 217 cm³/mol.